The molecule has 0 fully saturated rings. The highest BCUT2D eigenvalue weighted by Crippen LogP contribution is 2.16. The number of benzene rings is 2. The van der Waals surface area contributed by atoms with Crippen LogP contribution in [0.25, 0.3) is 11.3 Å². The second-order valence-corrected chi connectivity index (χ2v) is 7.12. The number of carbonyl (C=O) groups is 1. The summed E-state index contributed by atoms with van der Waals surface area (Å²) in [6.07, 6.45) is 3.20. The molecule has 1 N–H and O–H groups in total. The molecule has 0 saturated heterocycles. The van der Waals surface area contributed by atoms with E-state index in [2.05, 4.69) is 15.5 Å². The molecule has 2 heterocycles. The molecule has 4 aromatic rings. The van der Waals surface area contributed by atoms with Crippen LogP contribution in [-0.4, -0.2) is 30.8 Å². The lowest BCUT2D eigenvalue weighted by Crippen LogP contribution is -2.24. The number of thioether (sulfide) groups is 1. The van der Waals surface area contributed by atoms with E-state index in [9.17, 15) is 14.0 Å². The summed E-state index contributed by atoms with van der Waals surface area (Å²) in [7, 11) is 0. The SMILES string of the molecule is O=C(CSc1nnc2c(=O)n(-c3ccc(F)cc3)ccn12)NCc1ccccc1. The van der Waals surface area contributed by atoms with Crippen molar-refractivity contribution in [2.75, 3.05) is 5.75 Å². The van der Waals surface area contributed by atoms with Gasteiger partial charge in [0.25, 0.3) is 0 Å². The van der Waals surface area contributed by atoms with E-state index in [0.717, 1.165) is 5.56 Å². The van der Waals surface area contributed by atoms with E-state index in [1.807, 2.05) is 30.3 Å². The molecule has 0 unspecified atom stereocenters. The van der Waals surface area contributed by atoms with Gasteiger partial charge in [-0.15, -0.1) is 10.2 Å². The summed E-state index contributed by atoms with van der Waals surface area (Å²) in [5.41, 5.74) is 1.28. The van der Waals surface area contributed by atoms with Gasteiger partial charge in [0.2, 0.25) is 11.6 Å². The quantitative estimate of drug-likeness (QED) is 0.495. The first-order valence-electron chi connectivity index (χ1n) is 8.77. The Balaban J connectivity index is 1.46. The molecule has 0 spiro atoms. The minimum atomic E-state index is -0.382. The fraction of sp³-hybridized carbons (Fsp3) is 0.100. The predicted molar refractivity (Wildman–Crippen MR) is 108 cm³/mol. The molecule has 0 atom stereocenters. The summed E-state index contributed by atoms with van der Waals surface area (Å²) in [5.74, 6) is -0.376. The number of fused-ring (bicyclic) bond motifs is 1. The summed E-state index contributed by atoms with van der Waals surface area (Å²) < 4.78 is 16.0. The highest BCUT2D eigenvalue weighted by atomic mass is 32.2. The molecule has 2 aromatic heterocycles. The van der Waals surface area contributed by atoms with Crippen LogP contribution < -0.4 is 10.9 Å². The number of carbonyl (C=O) groups excluding carboxylic acids is 1. The van der Waals surface area contributed by atoms with Crippen molar-refractivity contribution < 1.29 is 9.18 Å². The Hall–Kier alpha value is -3.46. The first-order valence-corrected chi connectivity index (χ1v) is 9.76. The Kier molecular flexibility index (Phi) is 5.39. The van der Waals surface area contributed by atoms with Crippen molar-refractivity contribution in [3.63, 3.8) is 0 Å². The largest absolute Gasteiger partial charge is 0.351 e. The third-order valence-corrected chi connectivity index (χ3v) is 5.15. The van der Waals surface area contributed by atoms with Crippen molar-refractivity contribution in [1.29, 1.82) is 0 Å². The molecule has 0 aliphatic carbocycles. The van der Waals surface area contributed by atoms with Gasteiger partial charge in [0.05, 0.1) is 5.75 Å². The summed E-state index contributed by atoms with van der Waals surface area (Å²) in [4.78, 5) is 24.8. The maximum atomic E-state index is 13.1. The summed E-state index contributed by atoms with van der Waals surface area (Å²) in [6.45, 7) is 0.448. The number of halogens is 1. The lowest BCUT2D eigenvalue weighted by Gasteiger charge is -2.06. The fourth-order valence-corrected chi connectivity index (χ4v) is 3.49. The van der Waals surface area contributed by atoms with Crippen LogP contribution in [0.2, 0.25) is 0 Å². The van der Waals surface area contributed by atoms with Gasteiger partial charge in [-0.1, -0.05) is 42.1 Å². The molecular weight excluding hydrogens is 393 g/mol. The third-order valence-electron chi connectivity index (χ3n) is 4.21. The molecule has 9 heteroatoms. The molecule has 0 saturated carbocycles. The van der Waals surface area contributed by atoms with Gasteiger partial charge < -0.3 is 5.32 Å². The van der Waals surface area contributed by atoms with Gasteiger partial charge in [-0.25, -0.2) is 4.39 Å². The van der Waals surface area contributed by atoms with Crippen LogP contribution in [0.4, 0.5) is 4.39 Å². The van der Waals surface area contributed by atoms with Gasteiger partial charge >= 0.3 is 5.56 Å². The molecular formula is C20H16FN5O2S. The topological polar surface area (TPSA) is 81.3 Å². The number of aromatic nitrogens is 4. The lowest BCUT2D eigenvalue weighted by atomic mass is 10.2. The van der Waals surface area contributed by atoms with Crippen molar-refractivity contribution >= 4 is 23.3 Å². The Morgan fingerprint density at radius 1 is 1.03 bits per heavy atom. The first-order chi connectivity index (χ1) is 14.1. The van der Waals surface area contributed by atoms with Gasteiger partial charge in [0.15, 0.2) is 5.16 Å². The van der Waals surface area contributed by atoms with Crippen LogP contribution in [0.5, 0.6) is 0 Å². The van der Waals surface area contributed by atoms with Crippen LogP contribution in [0.3, 0.4) is 0 Å². The molecule has 1 amide bonds. The smallest absolute Gasteiger partial charge is 0.300 e. The van der Waals surface area contributed by atoms with Gasteiger partial charge in [-0.05, 0) is 29.8 Å². The normalized spacial score (nSPS) is 10.9. The highest BCUT2D eigenvalue weighted by Gasteiger charge is 2.13. The van der Waals surface area contributed by atoms with Crippen LogP contribution >= 0.6 is 11.8 Å². The lowest BCUT2D eigenvalue weighted by molar-refractivity contribution is -0.118. The minimum Gasteiger partial charge on any atom is -0.351 e. The first kappa shape index (κ1) is 18.9. The van der Waals surface area contributed by atoms with E-state index in [4.69, 9.17) is 0 Å². The van der Waals surface area contributed by atoms with Crippen molar-refractivity contribution in [2.24, 2.45) is 0 Å². The molecule has 29 heavy (non-hydrogen) atoms. The Morgan fingerprint density at radius 2 is 1.79 bits per heavy atom. The van der Waals surface area contributed by atoms with Crippen LogP contribution in [0, 0.1) is 5.82 Å². The second-order valence-electron chi connectivity index (χ2n) is 6.18. The summed E-state index contributed by atoms with van der Waals surface area (Å²) in [5, 5.41) is 11.2. The minimum absolute atomic E-state index is 0.129. The monoisotopic (exact) mass is 409 g/mol. The summed E-state index contributed by atoms with van der Waals surface area (Å²) >= 11 is 1.19. The number of nitrogens with zero attached hydrogens (tertiary/aromatic N) is 4. The number of amides is 1. The molecule has 4 rings (SSSR count). The van der Waals surface area contributed by atoms with Crippen molar-refractivity contribution in [1.82, 2.24) is 24.5 Å². The highest BCUT2D eigenvalue weighted by molar-refractivity contribution is 7.99. The number of nitrogens with one attached hydrogen (secondary N) is 1. The van der Waals surface area contributed by atoms with E-state index in [1.165, 1.54) is 45.0 Å². The van der Waals surface area contributed by atoms with Crippen molar-refractivity contribution in [3.05, 3.63) is 88.7 Å². The van der Waals surface area contributed by atoms with E-state index in [1.54, 1.807) is 12.4 Å². The fourth-order valence-electron chi connectivity index (χ4n) is 2.75. The standard InChI is InChI=1S/C20H16FN5O2S/c21-15-6-8-16(9-7-15)25-10-11-26-18(19(25)28)23-24-20(26)29-13-17(27)22-12-14-4-2-1-3-5-14/h1-11H,12-13H2,(H,22,27). The zero-order valence-electron chi connectivity index (χ0n) is 15.2. The average Bonchev–Trinajstić information content (AvgIpc) is 3.16. The van der Waals surface area contributed by atoms with Crippen LogP contribution in [-0.2, 0) is 11.3 Å². The second kappa shape index (κ2) is 8.27. The zero-order valence-corrected chi connectivity index (χ0v) is 16.0. The Labute approximate surface area is 169 Å². The van der Waals surface area contributed by atoms with Gasteiger partial charge in [-0.3, -0.25) is 18.6 Å². The number of hydrogen-bond donors (Lipinski definition) is 1. The van der Waals surface area contributed by atoms with E-state index in [-0.39, 0.29) is 28.7 Å². The van der Waals surface area contributed by atoms with E-state index in [0.29, 0.717) is 17.4 Å². The Bertz CT molecular complexity index is 1210. The Morgan fingerprint density at radius 3 is 2.55 bits per heavy atom. The maximum absolute atomic E-state index is 13.1. The molecule has 0 aliphatic heterocycles. The van der Waals surface area contributed by atoms with Gasteiger partial charge in [0, 0.05) is 24.6 Å². The van der Waals surface area contributed by atoms with Gasteiger partial charge in [-0.2, -0.15) is 0 Å². The van der Waals surface area contributed by atoms with Crippen LogP contribution in [0.1, 0.15) is 5.56 Å². The third kappa shape index (κ3) is 4.19. The molecule has 0 bridgehead atoms. The number of rotatable bonds is 6. The molecule has 146 valence electrons. The molecule has 2 aromatic carbocycles. The molecule has 0 aliphatic rings. The predicted octanol–water partition coefficient (Wildman–Crippen LogP) is 2.43. The van der Waals surface area contributed by atoms with Crippen molar-refractivity contribution in [2.45, 2.75) is 11.7 Å². The summed E-state index contributed by atoms with van der Waals surface area (Å²) in [6, 6.07) is 15.2. The van der Waals surface area contributed by atoms with E-state index >= 15 is 0 Å². The van der Waals surface area contributed by atoms with Crippen molar-refractivity contribution in [3.8, 4) is 5.69 Å². The molecule has 7 nitrogen and oxygen atoms in total. The van der Waals surface area contributed by atoms with Crippen LogP contribution in [0.15, 0.2) is 76.9 Å². The number of hydrogen-bond acceptors (Lipinski definition) is 5. The zero-order chi connectivity index (χ0) is 20.2. The maximum Gasteiger partial charge on any atom is 0.300 e. The average molecular weight is 409 g/mol. The molecule has 0 radical (unpaired) electrons. The van der Waals surface area contributed by atoms with E-state index < -0.39 is 0 Å². The van der Waals surface area contributed by atoms with Gasteiger partial charge in [0.1, 0.15) is 5.82 Å².